The molecule has 164 valence electrons. The number of rotatable bonds is 22. The van der Waals surface area contributed by atoms with Crippen LogP contribution in [-0.2, 0) is 0 Å². The van der Waals surface area contributed by atoms with Gasteiger partial charge in [-0.05, 0) is 11.8 Å². The average molecular weight is 381 g/mol. The Balaban J connectivity index is 3.90. The molecule has 0 aromatic heterocycles. The minimum Gasteiger partial charge on any atom is -0.0654 e. The highest BCUT2D eigenvalue weighted by atomic mass is 14.2. The molecule has 0 heteroatoms. The third-order valence-corrected chi connectivity index (χ3v) is 6.71. The van der Waals surface area contributed by atoms with Gasteiger partial charge in [-0.1, -0.05) is 163 Å². The van der Waals surface area contributed by atoms with Gasteiger partial charge in [0.2, 0.25) is 0 Å². The first kappa shape index (κ1) is 27.0. The second kappa shape index (κ2) is 22.3. The van der Waals surface area contributed by atoms with Crippen LogP contribution in [0.25, 0.3) is 0 Å². The zero-order valence-corrected chi connectivity index (χ0v) is 20.0. The molecule has 0 bridgehead atoms. The van der Waals surface area contributed by atoms with Crippen LogP contribution in [0.1, 0.15) is 163 Å². The fourth-order valence-electron chi connectivity index (χ4n) is 4.84. The van der Waals surface area contributed by atoms with Crippen LogP contribution < -0.4 is 0 Å². The molecule has 1 unspecified atom stereocenters. The average Bonchev–Trinajstić information content (AvgIpc) is 2.68. The van der Waals surface area contributed by atoms with Crippen LogP contribution in [0.3, 0.4) is 0 Å². The maximum absolute atomic E-state index is 2.44. The van der Waals surface area contributed by atoms with E-state index in [-0.39, 0.29) is 0 Å². The van der Waals surface area contributed by atoms with Crippen molar-refractivity contribution in [2.45, 2.75) is 163 Å². The number of hydrogen-bond donors (Lipinski definition) is 0. The topological polar surface area (TPSA) is 0 Å². The molecular weight excluding hydrogens is 324 g/mol. The highest BCUT2D eigenvalue weighted by molar-refractivity contribution is 4.70. The summed E-state index contributed by atoms with van der Waals surface area (Å²) in [6.07, 6.45) is 30.7. The first-order valence-electron chi connectivity index (χ1n) is 13.3. The minimum absolute atomic E-state index is 1.00. The molecule has 0 heterocycles. The van der Waals surface area contributed by atoms with Crippen molar-refractivity contribution in [3.63, 3.8) is 0 Å². The van der Waals surface area contributed by atoms with Crippen LogP contribution >= 0.6 is 0 Å². The summed E-state index contributed by atoms with van der Waals surface area (Å²) in [6.45, 7) is 9.45. The molecule has 1 atom stereocenters. The Hall–Kier alpha value is 0. The summed E-state index contributed by atoms with van der Waals surface area (Å²) in [5, 5.41) is 0. The zero-order valence-electron chi connectivity index (χ0n) is 20.0. The number of unbranched alkanes of at least 4 members (excludes halogenated alkanes) is 14. The Morgan fingerprint density at radius 3 is 1.04 bits per heavy atom. The molecule has 0 N–H and O–H groups in total. The molecular formula is C27H56. The van der Waals surface area contributed by atoms with Crippen LogP contribution in [0.15, 0.2) is 0 Å². The van der Waals surface area contributed by atoms with E-state index in [2.05, 4.69) is 27.7 Å². The molecule has 0 aromatic carbocycles. The quantitative estimate of drug-likeness (QED) is 0.164. The van der Waals surface area contributed by atoms with E-state index < -0.39 is 0 Å². The summed E-state index contributed by atoms with van der Waals surface area (Å²) >= 11 is 0. The van der Waals surface area contributed by atoms with Crippen LogP contribution in [0.4, 0.5) is 0 Å². The highest BCUT2D eigenvalue weighted by Gasteiger charge is 2.18. The van der Waals surface area contributed by atoms with E-state index in [1.807, 2.05) is 0 Å². The Morgan fingerprint density at radius 2 is 0.704 bits per heavy atom. The van der Waals surface area contributed by atoms with E-state index in [4.69, 9.17) is 0 Å². The van der Waals surface area contributed by atoms with Crippen LogP contribution in [0.2, 0.25) is 0 Å². The third-order valence-electron chi connectivity index (χ3n) is 6.71. The molecule has 0 fully saturated rings. The molecule has 0 spiro atoms. The van der Waals surface area contributed by atoms with Gasteiger partial charge >= 0.3 is 0 Å². The molecule has 0 nitrogen and oxygen atoms in total. The second-order valence-electron chi connectivity index (χ2n) is 9.24. The zero-order chi connectivity index (χ0) is 20.0. The van der Waals surface area contributed by atoms with Crippen molar-refractivity contribution in [1.82, 2.24) is 0 Å². The smallest absolute Gasteiger partial charge is 0.0386 e. The first-order chi connectivity index (χ1) is 13.3. The molecule has 0 radical (unpaired) electrons. The van der Waals surface area contributed by atoms with Gasteiger partial charge in [-0.15, -0.1) is 0 Å². The monoisotopic (exact) mass is 380 g/mol. The van der Waals surface area contributed by atoms with Gasteiger partial charge in [0.25, 0.3) is 0 Å². The van der Waals surface area contributed by atoms with Crippen LogP contribution in [0.5, 0.6) is 0 Å². The summed E-state index contributed by atoms with van der Waals surface area (Å²) in [5.41, 5.74) is 0. The van der Waals surface area contributed by atoms with Gasteiger partial charge < -0.3 is 0 Å². The second-order valence-corrected chi connectivity index (χ2v) is 9.24. The van der Waals surface area contributed by atoms with Gasteiger partial charge in [0, 0.05) is 0 Å². The van der Waals surface area contributed by atoms with E-state index in [1.165, 1.54) is 135 Å². The Bertz CT molecular complexity index is 237. The Labute approximate surface area is 174 Å². The van der Waals surface area contributed by atoms with E-state index in [0.717, 1.165) is 11.8 Å². The van der Waals surface area contributed by atoms with Crippen molar-refractivity contribution in [3.8, 4) is 0 Å². The highest BCUT2D eigenvalue weighted by Crippen LogP contribution is 2.31. The van der Waals surface area contributed by atoms with E-state index in [9.17, 15) is 0 Å². The van der Waals surface area contributed by atoms with Crippen molar-refractivity contribution in [2.24, 2.45) is 11.8 Å². The lowest BCUT2D eigenvalue weighted by molar-refractivity contribution is 0.253. The fraction of sp³-hybridized carbons (Fsp3) is 1.00. The standard InChI is InChI=1S/C27H56/c1-5-9-11-13-15-17-19-21-24-27(26(8-4)23-7-3)25-22-20-18-16-14-12-10-6-2/h26-27H,5-25H2,1-4H3. The largest absolute Gasteiger partial charge is 0.0654 e. The van der Waals surface area contributed by atoms with Gasteiger partial charge in [-0.3, -0.25) is 0 Å². The van der Waals surface area contributed by atoms with Crippen LogP contribution in [-0.4, -0.2) is 0 Å². The Kier molecular flexibility index (Phi) is 22.3. The molecule has 0 aromatic rings. The van der Waals surface area contributed by atoms with Crippen LogP contribution in [0, 0.1) is 11.8 Å². The summed E-state index contributed by atoms with van der Waals surface area (Å²) in [6, 6.07) is 0. The lowest BCUT2D eigenvalue weighted by Crippen LogP contribution is -2.14. The normalized spacial score (nSPS) is 12.8. The molecule has 0 amide bonds. The van der Waals surface area contributed by atoms with Gasteiger partial charge in [-0.25, -0.2) is 0 Å². The first-order valence-corrected chi connectivity index (χ1v) is 13.3. The van der Waals surface area contributed by atoms with Crippen molar-refractivity contribution >= 4 is 0 Å². The SMILES string of the molecule is CCCCCCCCCCC(CCCCCCCCCC)C(CC)CCC. The van der Waals surface area contributed by atoms with Crippen molar-refractivity contribution in [2.75, 3.05) is 0 Å². The fourth-order valence-corrected chi connectivity index (χ4v) is 4.84. The maximum Gasteiger partial charge on any atom is -0.0386 e. The van der Waals surface area contributed by atoms with Crippen molar-refractivity contribution in [1.29, 1.82) is 0 Å². The predicted molar refractivity (Wildman–Crippen MR) is 127 cm³/mol. The lowest BCUT2D eigenvalue weighted by Gasteiger charge is -2.26. The van der Waals surface area contributed by atoms with Gasteiger partial charge in [0.05, 0.1) is 0 Å². The molecule has 0 aliphatic rings. The molecule has 27 heavy (non-hydrogen) atoms. The molecule has 0 rings (SSSR count). The van der Waals surface area contributed by atoms with Gasteiger partial charge in [0.15, 0.2) is 0 Å². The minimum atomic E-state index is 1.00. The maximum atomic E-state index is 2.44. The van der Waals surface area contributed by atoms with Gasteiger partial charge in [0.1, 0.15) is 0 Å². The molecule has 0 aliphatic carbocycles. The summed E-state index contributed by atoms with van der Waals surface area (Å²) in [5.74, 6) is 2.03. The molecule has 0 saturated heterocycles. The number of hydrogen-bond acceptors (Lipinski definition) is 0. The van der Waals surface area contributed by atoms with E-state index in [0.29, 0.717) is 0 Å². The molecule has 0 saturated carbocycles. The summed E-state index contributed by atoms with van der Waals surface area (Å²) < 4.78 is 0. The lowest BCUT2D eigenvalue weighted by atomic mass is 9.80. The van der Waals surface area contributed by atoms with E-state index in [1.54, 1.807) is 0 Å². The summed E-state index contributed by atoms with van der Waals surface area (Å²) in [4.78, 5) is 0. The van der Waals surface area contributed by atoms with Gasteiger partial charge in [-0.2, -0.15) is 0 Å². The van der Waals surface area contributed by atoms with Crippen molar-refractivity contribution < 1.29 is 0 Å². The summed E-state index contributed by atoms with van der Waals surface area (Å²) in [7, 11) is 0. The van der Waals surface area contributed by atoms with E-state index >= 15 is 0 Å². The van der Waals surface area contributed by atoms with Crippen molar-refractivity contribution in [3.05, 3.63) is 0 Å². The predicted octanol–water partition coefficient (Wildman–Crippen LogP) is 10.5. The Morgan fingerprint density at radius 1 is 0.333 bits per heavy atom. The molecule has 0 aliphatic heterocycles. The third kappa shape index (κ3) is 17.8.